The fourth-order valence-corrected chi connectivity index (χ4v) is 3.17. The van der Waals surface area contributed by atoms with Gasteiger partial charge < -0.3 is 20.1 Å². The van der Waals surface area contributed by atoms with Crippen LogP contribution in [0.3, 0.4) is 0 Å². The predicted molar refractivity (Wildman–Crippen MR) is 88.5 cm³/mol. The molecule has 0 aromatic heterocycles. The molecule has 0 radical (unpaired) electrons. The Kier molecular flexibility index (Phi) is 5.06. The van der Waals surface area contributed by atoms with Crippen molar-refractivity contribution >= 4 is 23.6 Å². The molecule has 1 saturated heterocycles. The highest BCUT2D eigenvalue weighted by Gasteiger charge is 2.33. The molecule has 1 aromatic rings. The number of carbonyl (C=O) groups excluding carboxylic acids is 2. The van der Waals surface area contributed by atoms with Gasteiger partial charge >= 0.3 is 12.0 Å². The third kappa shape index (κ3) is 3.55. The van der Waals surface area contributed by atoms with Crippen LogP contribution in [0.25, 0.3) is 0 Å². The van der Waals surface area contributed by atoms with Crippen LogP contribution in [0.15, 0.2) is 35.5 Å². The molecule has 0 saturated carbocycles. The minimum absolute atomic E-state index is 0.0558. The van der Waals surface area contributed by atoms with Gasteiger partial charge in [-0.25, -0.2) is 9.59 Å². The number of amides is 2. The number of nitrogens with one attached hydrogen (secondary N) is 2. The van der Waals surface area contributed by atoms with Gasteiger partial charge in [0.25, 0.3) is 0 Å². The van der Waals surface area contributed by atoms with Crippen LogP contribution < -0.4 is 10.6 Å². The van der Waals surface area contributed by atoms with E-state index >= 15 is 0 Å². The Bertz CT molecular complexity index is 683. The lowest BCUT2D eigenvalue weighted by Crippen LogP contribution is -2.45. The van der Waals surface area contributed by atoms with Crippen molar-refractivity contribution in [2.24, 2.45) is 0 Å². The number of rotatable bonds is 4. The van der Waals surface area contributed by atoms with Crippen LogP contribution in [0.4, 0.5) is 4.79 Å². The van der Waals surface area contributed by atoms with E-state index in [1.54, 1.807) is 31.2 Å². The fraction of sp³-hybridized carbons (Fsp3) is 0.412. The zero-order valence-electron chi connectivity index (χ0n) is 13.3. The average molecular weight is 351 g/mol. The van der Waals surface area contributed by atoms with E-state index in [0.717, 1.165) is 12.8 Å². The summed E-state index contributed by atoms with van der Waals surface area (Å²) in [6.45, 7) is 2.58. The van der Waals surface area contributed by atoms with Gasteiger partial charge in [0.2, 0.25) is 0 Å². The molecule has 2 aliphatic heterocycles. The van der Waals surface area contributed by atoms with E-state index in [0.29, 0.717) is 28.5 Å². The van der Waals surface area contributed by atoms with E-state index < -0.39 is 12.0 Å². The lowest BCUT2D eigenvalue weighted by atomic mass is 9.95. The third-order valence-electron chi connectivity index (χ3n) is 4.13. The zero-order valence-corrected chi connectivity index (χ0v) is 14.1. The van der Waals surface area contributed by atoms with Gasteiger partial charge in [-0.15, -0.1) is 0 Å². The summed E-state index contributed by atoms with van der Waals surface area (Å²) in [5.41, 5.74) is 1.46. The van der Waals surface area contributed by atoms with Crippen LogP contribution in [0.5, 0.6) is 0 Å². The van der Waals surface area contributed by atoms with E-state index in [1.807, 2.05) is 0 Å². The molecule has 6 nitrogen and oxygen atoms in total. The molecule has 1 aromatic carbocycles. The first-order valence-corrected chi connectivity index (χ1v) is 8.25. The molecule has 7 heteroatoms. The van der Waals surface area contributed by atoms with Gasteiger partial charge in [-0.2, -0.15) is 0 Å². The van der Waals surface area contributed by atoms with Gasteiger partial charge in [0, 0.05) is 17.3 Å². The van der Waals surface area contributed by atoms with Gasteiger partial charge in [-0.3, -0.25) is 0 Å². The zero-order chi connectivity index (χ0) is 17.1. The number of halogens is 1. The Morgan fingerprint density at radius 2 is 2.21 bits per heavy atom. The van der Waals surface area contributed by atoms with Crippen LogP contribution in [0.1, 0.15) is 31.4 Å². The summed E-state index contributed by atoms with van der Waals surface area (Å²) in [7, 11) is 0. The summed E-state index contributed by atoms with van der Waals surface area (Å²) < 4.78 is 10.9. The lowest BCUT2D eigenvalue weighted by molar-refractivity contribution is -0.142. The number of urea groups is 1. The highest BCUT2D eigenvalue weighted by Crippen LogP contribution is 2.32. The van der Waals surface area contributed by atoms with Crippen LogP contribution >= 0.6 is 11.6 Å². The minimum atomic E-state index is -0.649. The van der Waals surface area contributed by atoms with Crippen LogP contribution in [-0.2, 0) is 14.3 Å². The van der Waals surface area contributed by atoms with Gasteiger partial charge in [0.1, 0.15) is 6.61 Å². The van der Waals surface area contributed by atoms with Crippen molar-refractivity contribution in [1.82, 2.24) is 10.6 Å². The summed E-state index contributed by atoms with van der Waals surface area (Å²) in [5.74, 6) is -0.486. The number of hydrogen-bond donors (Lipinski definition) is 2. The number of hydrogen-bond acceptors (Lipinski definition) is 4. The minimum Gasteiger partial charge on any atom is -0.459 e. The van der Waals surface area contributed by atoms with E-state index in [1.165, 1.54) is 0 Å². The maximum absolute atomic E-state index is 12.6. The first-order valence-electron chi connectivity index (χ1n) is 7.87. The summed E-state index contributed by atoms with van der Waals surface area (Å²) in [6.07, 6.45) is 1.80. The molecule has 24 heavy (non-hydrogen) atoms. The van der Waals surface area contributed by atoms with Crippen LogP contribution in [0, 0.1) is 0 Å². The molecular weight excluding hydrogens is 332 g/mol. The SMILES string of the molecule is CC1=C(C(=O)OC[C@@H]2CCCO2)[C@@H](c2ccccc2Cl)NC(=O)N1. The van der Waals surface area contributed by atoms with Crippen molar-refractivity contribution in [3.8, 4) is 0 Å². The van der Waals surface area contributed by atoms with Crippen molar-refractivity contribution in [2.75, 3.05) is 13.2 Å². The van der Waals surface area contributed by atoms with Crippen LogP contribution in [-0.4, -0.2) is 31.3 Å². The summed E-state index contributed by atoms with van der Waals surface area (Å²) in [5, 5.41) is 5.82. The largest absolute Gasteiger partial charge is 0.459 e. The predicted octanol–water partition coefficient (Wildman–Crippen LogP) is 2.69. The number of allylic oxidation sites excluding steroid dienone is 1. The molecule has 3 rings (SSSR count). The monoisotopic (exact) mass is 350 g/mol. The number of esters is 1. The molecule has 2 amide bonds. The van der Waals surface area contributed by atoms with Crippen molar-refractivity contribution in [2.45, 2.75) is 31.9 Å². The Labute approximate surface area is 145 Å². The molecular formula is C17H19ClN2O4. The second-order valence-corrected chi connectivity index (χ2v) is 6.23. The van der Waals surface area contributed by atoms with E-state index in [-0.39, 0.29) is 18.7 Å². The molecule has 2 atom stereocenters. The Balaban J connectivity index is 1.83. The topological polar surface area (TPSA) is 76.7 Å². The molecule has 0 unspecified atom stereocenters. The highest BCUT2D eigenvalue weighted by molar-refractivity contribution is 6.31. The number of benzene rings is 1. The average Bonchev–Trinajstić information content (AvgIpc) is 3.06. The van der Waals surface area contributed by atoms with E-state index in [9.17, 15) is 9.59 Å². The first kappa shape index (κ1) is 16.8. The fourth-order valence-electron chi connectivity index (χ4n) is 2.93. The third-order valence-corrected chi connectivity index (χ3v) is 4.47. The molecule has 2 heterocycles. The molecule has 1 fully saturated rings. The molecule has 0 bridgehead atoms. The van der Waals surface area contributed by atoms with Crippen molar-refractivity contribution in [3.63, 3.8) is 0 Å². The van der Waals surface area contributed by atoms with Gasteiger partial charge in [-0.05, 0) is 31.4 Å². The van der Waals surface area contributed by atoms with Gasteiger partial charge in [0.15, 0.2) is 0 Å². The second kappa shape index (κ2) is 7.23. The molecule has 2 aliphatic rings. The normalized spacial score (nSPS) is 23.7. The van der Waals surface area contributed by atoms with Crippen LogP contribution in [0.2, 0.25) is 5.02 Å². The summed E-state index contributed by atoms with van der Waals surface area (Å²) in [6, 6.07) is 6.06. The maximum atomic E-state index is 12.6. The Morgan fingerprint density at radius 1 is 1.42 bits per heavy atom. The van der Waals surface area contributed by atoms with Crippen molar-refractivity contribution < 1.29 is 19.1 Å². The first-order chi connectivity index (χ1) is 11.6. The van der Waals surface area contributed by atoms with Crippen molar-refractivity contribution in [3.05, 3.63) is 46.1 Å². The Morgan fingerprint density at radius 3 is 2.92 bits per heavy atom. The molecule has 2 N–H and O–H groups in total. The lowest BCUT2D eigenvalue weighted by Gasteiger charge is -2.28. The molecule has 0 spiro atoms. The number of ether oxygens (including phenoxy) is 2. The Hall–Kier alpha value is -2.05. The summed E-state index contributed by atoms with van der Waals surface area (Å²) >= 11 is 6.24. The van der Waals surface area contributed by atoms with Gasteiger partial charge in [-0.1, -0.05) is 29.8 Å². The van der Waals surface area contributed by atoms with Crippen molar-refractivity contribution in [1.29, 1.82) is 0 Å². The quantitative estimate of drug-likeness (QED) is 0.818. The molecule has 0 aliphatic carbocycles. The second-order valence-electron chi connectivity index (χ2n) is 5.83. The highest BCUT2D eigenvalue weighted by atomic mass is 35.5. The van der Waals surface area contributed by atoms with Gasteiger partial charge in [0.05, 0.1) is 17.7 Å². The molecule has 128 valence electrons. The smallest absolute Gasteiger partial charge is 0.338 e. The van der Waals surface area contributed by atoms with E-state index in [4.69, 9.17) is 21.1 Å². The standard InChI is InChI=1S/C17H19ClN2O4/c1-10-14(16(21)24-9-11-5-4-8-23-11)15(20-17(22)19-10)12-6-2-3-7-13(12)18/h2-3,6-7,11,15H,4-5,8-9H2,1H3,(H2,19,20,22)/t11-,15+/m0/s1. The maximum Gasteiger partial charge on any atom is 0.338 e. The number of carbonyl (C=O) groups is 2. The van der Waals surface area contributed by atoms with E-state index in [2.05, 4.69) is 10.6 Å². The summed E-state index contributed by atoms with van der Waals surface area (Å²) in [4.78, 5) is 24.4.